The summed E-state index contributed by atoms with van der Waals surface area (Å²) < 4.78 is 14.2. The number of nitrogens with one attached hydrogen (secondary N) is 1. The fourth-order valence-electron chi connectivity index (χ4n) is 5.31. The van der Waals surface area contributed by atoms with Crippen LogP contribution in [0, 0.1) is 0 Å². The third kappa shape index (κ3) is 7.63. The minimum atomic E-state index is -3.08. The molecule has 0 bridgehead atoms. The summed E-state index contributed by atoms with van der Waals surface area (Å²) in [7, 11) is -3.08. The zero-order valence-corrected chi connectivity index (χ0v) is 25.6. The second-order valence-corrected chi connectivity index (χ2v) is 12.4. The molecule has 0 aliphatic carbocycles. The number of carbonyl (C=O) groups is 3. The van der Waals surface area contributed by atoms with Crippen LogP contribution >= 0.6 is 7.29 Å². The Bertz CT molecular complexity index is 1090. The summed E-state index contributed by atoms with van der Waals surface area (Å²) in [6.45, 7) is 2.45. The summed E-state index contributed by atoms with van der Waals surface area (Å²) in [6, 6.07) is 16.7. The molecule has 2 aliphatic heterocycles. The van der Waals surface area contributed by atoms with Gasteiger partial charge in [0.2, 0.25) is 11.8 Å². The normalized spacial score (nSPS) is 20.4. The van der Waals surface area contributed by atoms with Crippen molar-refractivity contribution in [2.45, 2.75) is 63.1 Å². The Morgan fingerprint density at radius 3 is 1.89 bits per heavy atom. The van der Waals surface area contributed by atoms with Crippen molar-refractivity contribution in [1.29, 1.82) is 0 Å². The number of rotatable bonds is 9. The second-order valence-electron chi connectivity index (χ2n) is 9.73. The molecular formula is C27H33KN3O5P. The van der Waals surface area contributed by atoms with Gasteiger partial charge in [0, 0.05) is 25.4 Å². The summed E-state index contributed by atoms with van der Waals surface area (Å²) in [5, 5.41) is 14.6. The number of nitrogens with zero attached hydrogens (tertiary/aromatic N) is 2. The van der Waals surface area contributed by atoms with E-state index in [9.17, 15) is 24.1 Å². The van der Waals surface area contributed by atoms with Crippen LogP contribution in [0.2, 0.25) is 0 Å². The minimum absolute atomic E-state index is 0. The first kappa shape index (κ1) is 30.2. The molecule has 0 unspecified atom stereocenters. The standard InChI is InChI=1S/C27H34N3O5P.K/c1-20(25(31)29-16-8-14-23(29)26(32)30-17-9-15-24(30)27(33)34)28-36(35,18-21-10-4-2-5-11-21)19-22-12-6-3-7-13-22;/h2-7,10-13,20,23-24H,8-9,14-19H2,1H3,(H,28,35)(H,33,34);/q;+1/p-1/t20-,23-,24-;/m0./s1. The van der Waals surface area contributed by atoms with Crippen LogP contribution in [0.3, 0.4) is 0 Å². The van der Waals surface area contributed by atoms with E-state index < -0.39 is 31.4 Å². The summed E-state index contributed by atoms with van der Waals surface area (Å²) in [6.07, 6.45) is 2.71. The Hall–Kier alpha value is -1.32. The van der Waals surface area contributed by atoms with Crippen LogP contribution in [0.1, 0.15) is 43.7 Å². The predicted molar refractivity (Wildman–Crippen MR) is 135 cm³/mol. The summed E-state index contributed by atoms with van der Waals surface area (Å²) >= 11 is 0. The van der Waals surface area contributed by atoms with Crippen LogP contribution in [-0.4, -0.2) is 58.8 Å². The molecule has 2 aromatic carbocycles. The molecule has 2 fully saturated rings. The number of aliphatic carboxylic acids is 1. The van der Waals surface area contributed by atoms with Crippen molar-refractivity contribution in [3.05, 3.63) is 71.8 Å². The zero-order valence-electron chi connectivity index (χ0n) is 21.5. The van der Waals surface area contributed by atoms with Gasteiger partial charge in [0.1, 0.15) is 6.04 Å². The van der Waals surface area contributed by atoms with E-state index in [2.05, 4.69) is 5.09 Å². The molecule has 3 atom stereocenters. The number of hydrogen-bond acceptors (Lipinski definition) is 5. The van der Waals surface area contributed by atoms with E-state index in [1.54, 1.807) is 6.92 Å². The Kier molecular flexibility index (Phi) is 11.1. The quantitative estimate of drug-likeness (QED) is 0.330. The van der Waals surface area contributed by atoms with E-state index in [0.29, 0.717) is 51.1 Å². The Labute approximate surface area is 261 Å². The molecule has 0 aromatic heterocycles. The molecule has 4 rings (SSSR count). The monoisotopic (exact) mass is 549 g/mol. The number of carboxylic acid groups (broad SMARTS) is 1. The van der Waals surface area contributed by atoms with Gasteiger partial charge in [-0.15, -0.1) is 0 Å². The number of amides is 2. The molecule has 0 spiro atoms. The van der Waals surface area contributed by atoms with Crippen molar-refractivity contribution in [3.8, 4) is 0 Å². The van der Waals surface area contributed by atoms with Gasteiger partial charge in [-0.05, 0) is 43.7 Å². The van der Waals surface area contributed by atoms with Gasteiger partial charge in [-0.25, -0.2) is 0 Å². The largest absolute Gasteiger partial charge is 1.00 e. The SMILES string of the molecule is C[C@H](NP(=O)(Cc1ccccc1)Cc1ccccc1)C(=O)N1CCC[C@H]1C(=O)N1CCC[C@H]1C(=O)[O-].[K+]. The molecule has 2 aromatic rings. The van der Waals surface area contributed by atoms with Gasteiger partial charge in [0.25, 0.3) is 0 Å². The van der Waals surface area contributed by atoms with Crippen LogP contribution in [0.5, 0.6) is 0 Å². The van der Waals surface area contributed by atoms with Gasteiger partial charge in [0.15, 0.2) is 7.29 Å². The number of benzene rings is 2. The molecule has 2 saturated heterocycles. The van der Waals surface area contributed by atoms with Crippen LogP contribution in [0.15, 0.2) is 60.7 Å². The topological polar surface area (TPSA) is 110 Å². The molecule has 1 N–H and O–H groups in total. The fraction of sp³-hybridized carbons (Fsp3) is 0.444. The van der Waals surface area contributed by atoms with Gasteiger partial charge < -0.3 is 24.3 Å². The smallest absolute Gasteiger partial charge is 0.548 e. The summed E-state index contributed by atoms with van der Waals surface area (Å²) in [5.74, 6) is -1.89. The summed E-state index contributed by atoms with van der Waals surface area (Å²) in [4.78, 5) is 41.1. The van der Waals surface area contributed by atoms with E-state index in [1.165, 1.54) is 9.80 Å². The minimum Gasteiger partial charge on any atom is -0.548 e. The molecule has 10 heteroatoms. The van der Waals surface area contributed by atoms with Gasteiger partial charge in [0.05, 0.1) is 18.1 Å². The van der Waals surface area contributed by atoms with Crippen molar-refractivity contribution >= 4 is 25.1 Å². The zero-order chi connectivity index (χ0) is 25.7. The first-order valence-corrected chi connectivity index (χ1v) is 14.6. The molecule has 8 nitrogen and oxygen atoms in total. The van der Waals surface area contributed by atoms with E-state index in [-0.39, 0.29) is 63.2 Å². The van der Waals surface area contributed by atoms with Gasteiger partial charge in [-0.1, -0.05) is 60.7 Å². The third-order valence-electron chi connectivity index (χ3n) is 6.99. The fourth-order valence-corrected chi connectivity index (χ4v) is 8.03. The maximum absolute atomic E-state index is 14.2. The molecule has 192 valence electrons. The van der Waals surface area contributed by atoms with Crippen molar-refractivity contribution < 1.29 is 75.4 Å². The van der Waals surface area contributed by atoms with Crippen LogP contribution in [0.25, 0.3) is 0 Å². The number of hydrogen-bond donors (Lipinski definition) is 1. The summed E-state index contributed by atoms with van der Waals surface area (Å²) in [5.41, 5.74) is 1.83. The molecule has 0 saturated carbocycles. The van der Waals surface area contributed by atoms with Crippen molar-refractivity contribution in [3.63, 3.8) is 0 Å². The molecule has 2 amide bonds. The van der Waals surface area contributed by atoms with E-state index in [4.69, 9.17) is 0 Å². The average molecular weight is 550 g/mol. The Balaban J connectivity index is 0.00000380. The van der Waals surface area contributed by atoms with Crippen LogP contribution in [0.4, 0.5) is 0 Å². The maximum atomic E-state index is 14.2. The first-order chi connectivity index (χ1) is 17.3. The molecule has 37 heavy (non-hydrogen) atoms. The van der Waals surface area contributed by atoms with Gasteiger partial charge in [-0.3, -0.25) is 14.7 Å². The van der Waals surface area contributed by atoms with Crippen molar-refractivity contribution in [1.82, 2.24) is 14.9 Å². The number of likely N-dealkylation sites (tertiary alicyclic amines) is 2. The molecule has 2 heterocycles. The first-order valence-electron chi connectivity index (χ1n) is 12.5. The van der Waals surface area contributed by atoms with E-state index in [1.807, 2.05) is 60.7 Å². The van der Waals surface area contributed by atoms with Gasteiger partial charge in [-0.2, -0.15) is 0 Å². The number of carbonyl (C=O) groups excluding carboxylic acids is 3. The van der Waals surface area contributed by atoms with Gasteiger partial charge >= 0.3 is 51.4 Å². The van der Waals surface area contributed by atoms with Crippen LogP contribution < -0.4 is 61.6 Å². The third-order valence-corrected chi connectivity index (χ3v) is 9.60. The van der Waals surface area contributed by atoms with E-state index >= 15 is 0 Å². The molecular weight excluding hydrogens is 516 g/mol. The van der Waals surface area contributed by atoms with Crippen LogP contribution in [-0.2, 0) is 31.3 Å². The number of carboxylic acids is 1. The van der Waals surface area contributed by atoms with Crippen molar-refractivity contribution in [2.75, 3.05) is 13.1 Å². The molecule has 2 aliphatic rings. The predicted octanol–water partition coefficient (Wildman–Crippen LogP) is -0.621. The second kappa shape index (κ2) is 13.6. The molecule has 0 radical (unpaired) electrons. The Morgan fingerprint density at radius 1 is 0.892 bits per heavy atom. The van der Waals surface area contributed by atoms with Crippen molar-refractivity contribution in [2.24, 2.45) is 0 Å². The Morgan fingerprint density at radius 2 is 1.38 bits per heavy atom. The average Bonchev–Trinajstić information content (AvgIpc) is 3.54. The van der Waals surface area contributed by atoms with E-state index in [0.717, 1.165) is 11.1 Å². The maximum Gasteiger partial charge on any atom is 1.00 e.